The van der Waals surface area contributed by atoms with Crippen molar-refractivity contribution in [1.82, 2.24) is 0 Å². The Labute approximate surface area is 68.0 Å². The van der Waals surface area contributed by atoms with Gasteiger partial charge in [0.1, 0.15) is 24.7 Å². The van der Waals surface area contributed by atoms with Gasteiger partial charge >= 0.3 is 0 Å². The first-order chi connectivity index (χ1) is 5.54. The SMILES string of the molecule is O/C=C(\O)[C@H](O)[C@@H](O)/C(O)=C/O. The monoisotopic (exact) mass is 178 g/mol. The average Bonchev–Trinajstić information content (AvgIpc) is 2.12. The maximum Gasteiger partial charge on any atom is 0.158 e. The van der Waals surface area contributed by atoms with Crippen molar-refractivity contribution in [3.05, 3.63) is 24.0 Å². The minimum Gasteiger partial charge on any atom is -0.512 e. The first-order valence-corrected chi connectivity index (χ1v) is 2.97. The van der Waals surface area contributed by atoms with Gasteiger partial charge < -0.3 is 30.6 Å². The van der Waals surface area contributed by atoms with Gasteiger partial charge in [0.15, 0.2) is 11.5 Å². The van der Waals surface area contributed by atoms with Crippen LogP contribution in [0.15, 0.2) is 24.0 Å². The van der Waals surface area contributed by atoms with Crippen molar-refractivity contribution in [2.24, 2.45) is 0 Å². The molecule has 0 heterocycles. The van der Waals surface area contributed by atoms with Gasteiger partial charge in [-0.25, -0.2) is 0 Å². The summed E-state index contributed by atoms with van der Waals surface area (Å²) >= 11 is 0. The maximum atomic E-state index is 8.85. The second-order valence-electron chi connectivity index (χ2n) is 2.00. The molecule has 0 spiro atoms. The predicted octanol–water partition coefficient (Wildman–Crippen LogP) is -0.377. The van der Waals surface area contributed by atoms with Crippen LogP contribution in [0.4, 0.5) is 0 Å². The molecule has 6 N–H and O–H groups in total. The highest BCUT2D eigenvalue weighted by Crippen LogP contribution is 2.08. The van der Waals surface area contributed by atoms with Crippen LogP contribution >= 0.6 is 0 Å². The lowest BCUT2D eigenvalue weighted by atomic mass is 10.1. The van der Waals surface area contributed by atoms with Gasteiger partial charge in [0.05, 0.1) is 0 Å². The fourth-order valence-corrected chi connectivity index (χ4v) is 0.476. The topological polar surface area (TPSA) is 121 Å². The number of hydrogen-bond donors (Lipinski definition) is 6. The van der Waals surface area contributed by atoms with Gasteiger partial charge in [-0.15, -0.1) is 0 Å². The molecule has 70 valence electrons. The lowest BCUT2D eigenvalue weighted by Gasteiger charge is -2.14. The minimum absolute atomic E-state index is 0.165. The van der Waals surface area contributed by atoms with Gasteiger partial charge in [-0.2, -0.15) is 0 Å². The summed E-state index contributed by atoms with van der Waals surface area (Å²) < 4.78 is 0. The van der Waals surface area contributed by atoms with E-state index in [0.717, 1.165) is 0 Å². The summed E-state index contributed by atoms with van der Waals surface area (Å²) in [5, 5.41) is 51.3. The summed E-state index contributed by atoms with van der Waals surface area (Å²) in [4.78, 5) is 0. The largest absolute Gasteiger partial charge is 0.512 e. The molecule has 0 aliphatic rings. The minimum atomic E-state index is -1.88. The first-order valence-electron chi connectivity index (χ1n) is 2.97. The lowest BCUT2D eigenvalue weighted by molar-refractivity contribution is 0.0124. The number of aliphatic hydroxyl groups is 6. The molecule has 0 unspecified atom stereocenters. The lowest BCUT2D eigenvalue weighted by Crippen LogP contribution is -2.29. The Balaban J connectivity index is 4.39. The molecule has 0 aromatic heterocycles. The van der Waals surface area contributed by atoms with Crippen molar-refractivity contribution < 1.29 is 30.6 Å². The molecule has 2 atom stereocenters. The molecule has 0 fully saturated rings. The maximum absolute atomic E-state index is 8.85. The number of hydrogen-bond acceptors (Lipinski definition) is 6. The van der Waals surface area contributed by atoms with Gasteiger partial charge in [0, 0.05) is 0 Å². The van der Waals surface area contributed by atoms with E-state index in [-0.39, 0.29) is 12.5 Å². The third-order valence-electron chi connectivity index (χ3n) is 1.17. The van der Waals surface area contributed by atoms with Crippen LogP contribution in [0, 0.1) is 0 Å². The van der Waals surface area contributed by atoms with E-state index in [1.807, 2.05) is 0 Å². The van der Waals surface area contributed by atoms with Crippen molar-refractivity contribution in [3.8, 4) is 0 Å². The highest BCUT2D eigenvalue weighted by molar-refractivity contribution is 5.06. The second kappa shape index (κ2) is 4.47. The van der Waals surface area contributed by atoms with Gasteiger partial charge in [-0.05, 0) is 0 Å². The highest BCUT2D eigenvalue weighted by Gasteiger charge is 2.24. The third-order valence-corrected chi connectivity index (χ3v) is 1.17. The Hall–Kier alpha value is -1.40. The molecule has 12 heavy (non-hydrogen) atoms. The van der Waals surface area contributed by atoms with Gasteiger partial charge in [0.25, 0.3) is 0 Å². The standard InChI is InChI=1S/C6H10O6/c7-1-3(9)5(11)6(12)4(10)2-8/h1-2,5-12H/b3-1-,4-2-/t5-,6-/m0/s1. The Kier molecular flexibility index (Phi) is 3.95. The third kappa shape index (κ3) is 2.33. The van der Waals surface area contributed by atoms with Crippen molar-refractivity contribution in [1.29, 1.82) is 0 Å². The first kappa shape index (κ1) is 10.6. The summed E-state index contributed by atoms with van der Waals surface area (Å²) in [6.07, 6.45) is -3.42. The molecule has 0 saturated heterocycles. The second-order valence-corrected chi connectivity index (χ2v) is 2.00. The zero-order valence-electron chi connectivity index (χ0n) is 5.99. The van der Waals surface area contributed by atoms with Crippen molar-refractivity contribution in [2.75, 3.05) is 0 Å². The quantitative estimate of drug-likeness (QED) is 0.328. The van der Waals surface area contributed by atoms with Crippen LogP contribution in [-0.4, -0.2) is 42.8 Å². The summed E-state index contributed by atoms with van der Waals surface area (Å²) in [5.41, 5.74) is 0. The molecule has 0 aliphatic heterocycles. The zero-order valence-corrected chi connectivity index (χ0v) is 5.99. The van der Waals surface area contributed by atoms with Gasteiger partial charge in [-0.3, -0.25) is 0 Å². The molecule has 0 aromatic carbocycles. The summed E-state index contributed by atoms with van der Waals surface area (Å²) in [6.45, 7) is 0. The number of rotatable bonds is 3. The van der Waals surface area contributed by atoms with Gasteiger partial charge in [-0.1, -0.05) is 0 Å². The highest BCUT2D eigenvalue weighted by atomic mass is 16.4. The van der Waals surface area contributed by atoms with Gasteiger partial charge in [0.2, 0.25) is 0 Å². The molecular weight excluding hydrogens is 168 g/mol. The van der Waals surface area contributed by atoms with E-state index < -0.39 is 23.7 Å². The van der Waals surface area contributed by atoms with Crippen LogP contribution < -0.4 is 0 Å². The molecular formula is C6H10O6. The summed E-state index contributed by atoms with van der Waals surface area (Å²) in [6, 6.07) is 0. The van der Waals surface area contributed by atoms with E-state index in [0.29, 0.717) is 0 Å². The van der Waals surface area contributed by atoms with E-state index in [1.165, 1.54) is 0 Å². The van der Waals surface area contributed by atoms with E-state index in [9.17, 15) is 0 Å². The Morgan fingerprint density at radius 1 is 0.833 bits per heavy atom. The molecule has 6 heteroatoms. The fraction of sp³-hybridized carbons (Fsp3) is 0.333. The Bertz CT molecular complexity index is 174. The number of aliphatic hydroxyl groups excluding tert-OH is 6. The van der Waals surface area contributed by atoms with Crippen LogP contribution in [0.2, 0.25) is 0 Å². The van der Waals surface area contributed by atoms with E-state index in [2.05, 4.69) is 0 Å². The van der Waals surface area contributed by atoms with Crippen molar-refractivity contribution in [3.63, 3.8) is 0 Å². The van der Waals surface area contributed by atoms with Crippen molar-refractivity contribution >= 4 is 0 Å². The molecule has 0 saturated carbocycles. The van der Waals surface area contributed by atoms with Crippen LogP contribution in [0.25, 0.3) is 0 Å². The Morgan fingerprint density at radius 3 is 1.25 bits per heavy atom. The van der Waals surface area contributed by atoms with Crippen LogP contribution in [0.1, 0.15) is 0 Å². The van der Waals surface area contributed by atoms with E-state index in [1.54, 1.807) is 0 Å². The molecule has 0 radical (unpaired) electrons. The molecule has 6 nitrogen and oxygen atoms in total. The predicted molar refractivity (Wildman–Crippen MR) is 38.7 cm³/mol. The molecule has 0 aliphatic carbocycles. The summed E-state index contributed by atoms with van der Waals surface area (Å²) in [7, 11) is 0. The van der Waals surface area contributed by atoms with Crippen LogP contribution in [0.3, 0.4) is 0 Å². The normalized spacial score (nSPS) is 18.8. The van der Waals surface area contributed by atoms with Crippen LogP contribution in [-0.2, 0) is 0 Å². The van der Waals surface area contributed by atoms with E-state index >= 15 is 0 Å². The summed E-state index contributed by atoms with van der Waals surface area (Å²) in [5.74, 6) is -1.84. The molecule has 0 rings (SSSR count). The zero-order chi connectivity index (χ0) is 9.72. The molecule has 0 bridgehead atoms. The molecule has 0 aromatic rings. The van der Waals surface area contributed by atoms with Crippen LogP contribution in [0.5, 0.6) is 0 Å². The molecule has 0 amide bonds. The Morgan fingerprint density at radius 2 is 1.08 bits per heavy atom. The van der Waals surface area contributed by atoms with E-state index in [4.69, 9.17) is 30.6 Å². The average molecular weight is 178 g/mol. The van der Waals surface area contributed by atoms with Crippen molar-refractivity contribution in [2.45, 2.75) is 12.2 Å². The smallest absolute Gasteiger partial charge is 0.158 e. The fourth-order valence-electron chi connectivity index (χ4n) is 0.476.